The predicted octanol–water partition coefficient (Wildman–Crippen LogP) is 3.35. The molecule has 2 rings (SSSR count). The maximum Gasteiger partial charge on any atom is 0.293 e. The molecule has 1 atom stereocenters. The lowest BCUT2D eigenvalue weighted by Gasteiger charge is -2.16. The maximum atomic E-state index is 11.1. The highest BCUT2D eigenvalue weighted by atomic mass is 16.6. The van der Waals surface area contributed by atoms with Gasteiger partial charge in [0.1, 0.15) is 11.4 Å². The Morgan fingerprint density at radius 1 is 1.33 bits per heavy atom. The Labute approximate surface area is 121 Å². The first-order valence-corrected chi connectivity index (χ1v) is 6.26. The summed E-state index contributed by atoms with van der Waals surface area (Å²) < 4.78 is 0. The molecule has 0 heterocycles. The molecule has 0 aliphatic heterocycles. The summed E-state index contributed by atoms with van der Waals surface area (Å²) in [6.07, 6.45) is 0. The van der Waals surface area contributed by atoms with Gasteiger partial charge in [-0.25, -0.2) is 0 Å². The molecule has 2 aromatic rings. The van der Waals surface area contributed by atoms with Crippen LogP contribution in [0.5, 0.6) is 5.75 Å². The van der Waals surface area contributed by atoms with E-state index in [9.17, 15) is 15.2 Å². The van der Waals surface area contributed by atoms with E-state index in [4.69, 9.17) is 5.26 Å². The van der Waals surface area contributed by atoms with Gasteiger partial charge in [-0.3, -0.25) is 10.1 Å². The molecule has 0 aromatic heterocycles. The Kier molecular flexibility index (Phi) is 4.05. The van der Waals surface area contributed by atoms with E-state index in [2.05, 4.69) is 5.32 Å². The number of nitro groups is 1. The summed E-state index contributed by atoms with van der Waals surface area (Å²) in [5, 5.41) is 32.7. The van der Waals surface area contributed by atoms with Gasteiger partial charge in [-0.1, -0.05) is 18.2 Å². The summed E-state index contributed by atoms with van der Waals surface area (Å²) >= 11 is 0. The van der Waals surface area contributed by atoms with Crippen LogP contribution < -0.4 is 5.32 Å². The SMILES string of the molecule is CC(Nc1ccc(C#N)cc1[N+](=O)[O-])c1ccccc1O. The van der Waals surface area contributed by atoms with Gasteiger partial charge >= 0.3 is 0 Å². The minimum atomic E-state index is -0.541. The molecule has 0 aliphatic carbocycles. The highest BCUT2D eigenvalue weighted by molar-refractivity contribution is 5.65. The van der Waals surface area contributed by atoms with Crippen LogP contribution in [0.3, 0.4) is 0 Å². The second-order valence-electron chi connectivity index (χ2n) is 4.53. The summed E-state index contributed by atoms with van der Waals surface area (Å²) in [4.78, 5) is 10.5. The molecular formula is C15H13N3O3. The molecule has 6 nitrogen and oxygen atoms in total. The van der Waals surface area contributed by atoms with E-state index in [-0.39, 0.29) is 23.0 Å². The van der Waals surface area contributed by atoms with Crippen molar-refractivity contribution in [3.8, 4) is 11.8 Å². The van der Waals surface area contributed by atoms with Crippen LogP contribution in [-0.2, 0) is 0 Å². The number of hydrogen-bond acceptors (Lipinski definition) is 5. The largest absolute Gasteiger partial charge is 0.508 e. The van der Waals surface area contributed by atoms with Crippen molar-refractivity contribution in [1.29, 1.82) is 5.26 Å². The molecule has 1 unspecified atom stereocenters. The molecule has 21 heavy (non-hydrogen) atoms. The fraction of sp³-hybridized carbons (Fsp3) is 0.133. The van der Waals surface area contributed by atoms with Gasteiger partial charge in [-0.05, 0) is 25.1 Å². The molecule has 0 bridgehead atoms. The van der Waals surface area contributed by atoms with Gasteiger partial charge in [0, 0.05) is 11.6 Å². The van der Waals surface area contributed by atoms with Gasteiger partial charge in [0.15, 0.2) is 0 Å². The highest BCUT2D eigenvalue weighted by Gasteiger charge is 2.18. The molecule has 2 N–H and O–H groups in total. The summed E-state index contributed by atoms with van der Waals surface area (Å²) in [5.41, 5.74) is 0.990. The minimum absolute atomic E-state index is 0.119. The first-order chi connectivity index (χ1) is 10.0. The zero-order valence-corrected chi connectivity index (χ0v) is 11.3. The van der Waals surface area contributed by atoms with E-state index < -0.39 is 4.92 Å². The molecule has 0 radical (unpaired) electrons. The second-order valence-corrected chi connectivity index (χ2v) is 4.53. The van der Waals surface area contributed by atoms with Crippen molar-refractivity contribution in [3.63, 3.8) is 0 Å². The maximum absolute atomic E-state index is 11.1. The van der Waals surface area contributed by atoms with Crippen LogP contribution in [0, 0.1) is 21.4 Å². The fourth-order valence-electron chi connectivity index (χ4n) is 2.04. The number of para-hydroxylation sites is 1. The molecule has 106 valence electrons. The normalized spacial score (nSPS) is 11.4. The Bertz CT molecular complexity index is 722. The number of rotatable bonds is 4. The number of benzene rings is 2. The quantitative estimate of drug-likeness (QED) is 0.662. The van der Waals surface area contributed by atoms with E-state index in [1.54, 1.807) is 31.2 Å². The van der Waals surface area contributed by atoms with Crippen LogP contribution in [-0.4, -0.2) is 10.0 Å². The number of phenolic OH excluding ortho intramolecular Hbond substituents is 1. The van der Waals surface area contributed by atoms with Crippen LogP contribution in [0.1, 0.15) is 24.1 Å². The first kappa shape index (κ1) is 14.3. The number of nitro benzene ring substituents is 1. The van der Waals surface area contributed by atoms with Crippen molar-refractivity contribution in [3.05, 3.63) is 63.7 Å². The molecule has 0 spiro atoms. The summed E-state index contributed by atoms with van der Waals surface area (Å²) in [5.74, 6) is 0.119. The van der Waals surface area contributed by atoms with Crippen molar-refractivity contribution >= 4 is 11.4 Å². The Balaban J connectivity index is 2.34. The zero-order chi connectivity index (χ0) is 15.4. The second kappa shape index (κ2) is 5.92. The molecule has 6 heteroatoms. The number of hydrogen-bond donors (Lipinski definition) is 2. The van der Waals surface area contributed by atoms with E-state index in [0.29, 0.717) is 11.3 Å². The van der Waals surface area contributed by atoms with Crippen molar-refractivity contribution in [2.75, 3.05) is 5.32 Å². The highest BCUT2D eigenvalue weighted by Crippen LogP contribution is 2.31. The summed E-state index contributed by atoms with van der Waals surface area (Å²) in [7, 11) is 0. The van der Waals surface area contributed by atoms with Crippen LogP contribution >= 0.6 is 0 Å². The molecular weight excluding hydrogens is 270 g/mol. The molecule has 0 aliphatic rings. The lowest BCUT2D eigenvalue weighted by Crippen LogP contribution is -2.08. The van der Waals surface area contributed by atoms with Gasteiger partial charge in [0.25, 0.3) is 5.69 Å². The lowest BCUT2D eigenvalue weighted by molar-refractivity contribution is -0.384. The van der Waals surface area contributed by atoms with Gasteiger partial charge in [-0.15, -0.1) is 0 Å². The number of aromatic hydroxyl groups is 1. The molecule has 0 amide bonds. The monoisotopic (exact) mass is 283 g/mol. The van der Waals surface area contributed by atoms with Gasteiger partial charge in [0.2, 0.25) is 0 Å². The fourth-order valence-corrected chi connectivity index (χ4v) is 2.04. The zero-order valence-electron chi connectivity index (χ0n) is 11.3. The third kappa shape index (κ3) is 3.09. The predicted molar refractivity (Wildman–Crippen MR) is 78.0 cm³/mol. The Morgan fingerprint density at radius 2 is 2.05 bits per heavy atom. The number of nitrogens with one attached hydrogen (secondary N) is 1. The number of nitrogens with zero attached hydrogens (tertiary/aromatic N) is 2. The van der Waals surface area contributed by atoms with Gasteiger partial charge in [0.05, 0.1) is 22.6 Å². The molecule has 0 fully saturated rings. The van der Waals surface area contributed by atoms with Crippen molar-refractivity contribution < 1.29 is 10.0 Å². The third-order valence-corrected chi connectivity index (χ3v) is 3.10. The van der Waals surface area contributed by atoms with Crippen LogP contribution in [0.15, 0.2) is 42.5 Å². The van der Waals surface area contributed by atoms with Gasteiger partial charge in [-0.2, -0.15) is 5.26 Å². The van der Waals surface area contributed by atoms with E-state index in [0.717, 1.165) is 0 Å². The smallest absolute Gasteiger partial charge is 0.293 e. The van der Waals surface area contributed by atoms with E-state index >= 15 is 0 Å². The van der Waals surface area contributed by atoms with Crippen LogP contribution in [0.4, 0.5) is 11.4 Å². The lowest BCUT2D eigenvalue weighted by atomic mass is 10.1. The molecule has 0 saturated carbocycles. The van der Waals surface area contributed by atoms with Crippen molar-refractivity contribution in [1.82, 2.24) is 0 Å². The Hall–Kier alpha value is -3.07. The molecule has 2 aromatic carbocycles. The van der Waals surface area contributed by atoms with Crippen LogP contribution in [0.2, 0.25) is 0 Å². The van der Waals surface area contributed by atoms with E-state index in [1.165, 1.54) is 18.2 Å². The third-order valence-electron chi connectivity index (χ3n) is 3.10. The number of anilines is 1. The topological polar surface area (TPSA) is 99.2 Å². The minimum Gasteiger partial charge on any atom is -0.508 e. The standard InChI is InChI=1S/C15H13N3O3/c1-10(12-4-2-3-5-15(12)19)17-13-7-6-11(9-16)8-14(13)18(20)21/h2-8,10,17,19H,1H3. The summed E-state index contributed by atoms with van der Waals surface area (Å²) in [6.45, 7) is 1.79. The average molecular weight is 283 g/mol. The van der Waals surface area contributed by atoms with Crippen molar-refractivity contribution in [2.24, 2.45) is 0 Å². The Morgan fingerprint density at radius 3 is 2.67 bits per heavy atom. The van der Waals surface area contributed by atoms with Gasteiger partial charge < -0.3 is 10.4 Å². The average Bonchev–Trinajstić information content (AvgIpc) is 2.47. The van der Waals surface area contributed by atoms with E-state index in [1.807, 2.05) is 6.07 Å². The first-order valence-electron chi connectivity index (χ1n) is 6.26. The number of phenols is 1. The van der Waals surface area contributed by atoms with Crippen molar-refractivity contribution in [2.45, 2.75) is 13.0 Å². The summed E-state index contributed by atoms with van der Waals surface area (Å²) in [6, 6.07) is 12.5. The molecule has 0 saturated heterocycles. The van der Waals surface area contributed by atoms with Crippen LogP contribution in [0.25, 0.3) is 0 Å². The number of nitriles is 1.